The molecule has 1 unspecified atom stereocenters. The Hall–Kier alpha value is -0.860. The first-order valence-corrected chi connectivity index (χ1v) is 7.70. The molecule has 0 amide bonds. The molecule has 1 aliphatic carbocycles. The van der Waals surface area contributed by atoms with Crippen LogP contribution in [0.3, 0.4) is 0 Å². The van der Waals surface area contributed by atoms with Crippen LogP contribution in [0.2, 0.25) is 0 Å². The van der Waals surface area contributed by atoms with Gasteiger partial charge in [0.2, 0.25) is 0 Å². The van der Waals surface area contributed by atoms with Crippen LogP contribution in [0, 0.1) is 19.8 Å². The maximum atomic E-state index is 5.73. The number of hydrogen-bond acceptors (Lipinski definition) is 2. The van der Waals surface area contributed by atoms with E-state index in [1.165, 1.54) is 55.2 Å². The highest BCUT2D eigenvalue weighted by Crippen LogP contribution is 2.29. The van der Waals surface area contributed by atoms with E-state index in [1.54, 1.807) is 0 Å². The molecule has 0 aliphatic heterocycles. The van der Waals surface area contributed by atoms with E-state index < -0.39 is 0 Å². The molecule has 0 radical (unpaired) electrons. The predicted molar refractivity (Wildman–Crippen MR) is 81.9 cm³/mol. The Morgan fingerprint density at radius 1 is 1.16 bits per heavy atom. The van der Waals surface area contributed by atoms with Crippen molar-refractivity contribution >= 4 is 0 Å². The lowest BCUT2D eigenvalue weighted by molar-refractivity contribution is 0.407. The van der Waals surface area contributed by atoms with Crippen molar-refractivity contribution in [1.29, 1.82) is 0 Å². The van der Waals surface area contributed by atoms with Crippen molar-refractivity contribution in [3.05, 3.63) is 34.9 Å². The minimum Gasteiger partial charge on any atom is -0.271 e. The van der Waals surface area contributed by atoms with E-state index in [1.807, 2.05) is 0 Å². The van der Waals surface area contributed by atoms with E-state index in [9.17, 15) is 0 Å². The zero-order valence-corrected chi connectivity index (χ0v) is 12.4. The van der Waals surface area contributed by atoms with Crippen molar-refractivity contribution in [2.24, 2.45) is 11.8 Å². The molecule has 1 atom stereocenters. The van der Waals surface area contributed by atoms with Gasteiger partial charge in [-0.3, -0.25) is 11.3 Å². The summed E-state index contributed by atoms with van der Waals surface area (Å²) in [5.74, 6) is 6.69. The molecule has 3 N–H and O–H groups in total. The van der Waals surface area contributed by atoms with E-state index in [4.69, 9.17) is 5.84 Å². The van der Waals surface area contributed by atoms with Gasteiger partial charge in [-0.2, -0.15) is 0 Å². The van der Waals surface area contributed by atoms with Crippen LogP contribution in [0.15, 0.2) is 18.2 Å². The van der Waals surface area contributed by atoms with Gasteiger partial charge in [-0.25, -0.2) is 0 Å². The quantitative estimate of drug-likeness (QED) is 0.605. The summed E-state index contributed by atoms with van der Waals surface area (Å²) in [4.78, 5) is 0. The van der Waals surface area contributed by atoms with Crippen LogP contribution in [0.4, 0.5) is 0 Å². The second-order valence-corrected chi connectivity index (χ2v) is 6.29. The lowest BCUT2D eigenvalue weighted by Crippen LogP contribution is -2.37. The first-order valence-electron chi connectivity index (χ1n) is 7.70. The summed E-state index contributed by atoms with van der Waals surface area (Å²) in [6.07, 6.45) is 9.31. The highest BCUT2D eigenvalue weighted by atomic mass is 15.2. The summed E-state index contributed by atoms with van der Waals surface area (Å²) >= 11 is 0. The molecule has 1 saturated carbocycles. The Kier molecular flexibility index (Phi) is 5.41. The number of nitrogens with one attached hydrogen (secondary N) is 1. The maximum absolute atomic E-state index is 5.73. The highest BCUT2D eigenvalue weighted by Gasteiger charge is 2.17. The third-order valence-electron chi connectivity index (χ3n) is 4.40. The minimum absolute atomic E-state index is 0.418. The SMILES string of the molecule is Cc1cc(C)cc(CC(CCC2CCCC2)NN)c1. The van der Waals surface area contributed by atoms with E-state index in [-0.39, 0.29) is 0 Å². The summed E-state index contributed by atoms with van der Waals surface area (Å²) in [5.41, 5.74) is 7.12. The van der Waals surface area contributed by atoms with Gasteiger partial charge < -0.3 is 0 Å². The Labute approximate surface area is 117 Å². The molecule has 0 aromatic heterocycles. The van der Waals surface area contributed by atoms with Gasteiger partial charge in [0.1, 0.15) is 0 Å². The van der Waals surface area contributed by atoms with Crippen LogP contribution in [-0.4, -0.2) is 6.04 Å². The fourth-order valence-electron chi connectivity index (χ4n) is 3.45. The van der Waals surface area contributed by atoms with Gasteiger partial charge in [0.15, 0.2) is 0 Å². The van der Waals surface area contributed by atoms with E-state index >= 15 is 0 Å². The number of hydrazine groups is 1. The van der Waals surface area contributed by atoms with Gasteiger partial charge in [-0.05, 0) is 44.6 Å². The second kappa shape index (κ2) is 7.06. The van der Waals surface area contributed by atoms with Crippen molar-refractivity contribution in [3.8, 4) is 0 Å². The molecule has 106 valence electrons. The molecule has 0 saturated heterocycles. The van der Waals surface area contributed by atoms with E-state index in [0.29, 0.717) is 6.04 Å². The minimum atomic E-state index is 0.418. The van der Waals surface area contributed by atoms with Crippen LogP contribution in [0.5, 0.6) is 0 Å². The highest BCUT2D eigenvalue weighted by molar-refractivity contribution is 5.29. The van der Waals surface area contributed by atoms with Crippen molar-refractivity contribution in [2.75, 3.05) is 0 Å². The Balaban J connectivity index is 1.86. The van der Waals surface area contributed by atoms with Crippen LogP contribution in [0.25, 0.3) is 0 Å². The molecule has 2 heteroatoms. The van der Waals surface area contributed by atoms with Crippen molar-refractivity contribution in [3.63, 3.8) is 0 Å². The third-order valence-corrected chi connectivity index (χ3v) is 4.40. The second-order valence-electron chi connectivity index (χ2n) is 6.29. The normalized spacial score (nSPS) is 17.8. The molecule has 0 heterocycles. The van der Waals surface area contributed by atoms with Gasteiger partial charge in [-0.15, -0.1) is 0 Å². The monoisotopic (exact) mass is 260 g/mol. The summed E-state index contributed by atoms with van der Waals surface area (Å²) in [5, 5.41) is 0. The van der Waals surface area contributed by atoms with Crippen LogP contribution < -0.4 is 11.3 Å². The molecule has 2 rings (SSSR count). The fraction of sp³-hybridized carbons (Fsp3) is 0.647. The molecule has 1 aromatic carbocycles. The van der Waals surface area contributed by atoms with E-state index in [2.05, 4.69) is 37.5 Å². The zero-order valence-electron chi connectivity index (χ0n) is 12.4. The van der Waals surface area contributed by atoms with Crippen molar-refractivity contribution in [1.82, 2.24) is 5.43 Å². The van der Waals surface area contributed by atoms with Gasteiger partial charge in [-0.1, -0.05) is 55.0 Å². The van der Waals surface area contributed by atoms with Crippen LogP contribution >= 0.6 is 0 Å². The van der Waals surface area contributed by atoms with Gasteiger partial charge in [0.05, 0.1) is 0 Å². The summed E-state index contributed by atoms with van der Waals surface area (Å²) in [6, 6.07) is 7.22. The standard InChI is InChI=1S/C17H28N2/c1-13-9-14(2)11-16(10-13)12-17(19-18)8-7-15-5-3-4-6-15/h9-11,15,17,19H,3-8,12,18H2,1-2H3. The van der Waals surface area contributed by atoms with Gasteiger partial charge in [0, 0.05) is 6.04 Å². The van der Waals surface area contributed by atoms with E-state index in [0.717, 1.165) is 12.3 Å². The van der Waals surface area contributed by atoms with Crippen molar-refractivity contribution in [2.45, 2.75) is 64.8 Å². The average Bonchev–Trinajstić information content (AvgIpc) is 2.86. The number of benzene rings is 1. The van der Waals surface area contributed by atoms with Gasteiger partial charge in [0.25, 0.3) is 0 Å². The predicted octanol–water partition coefficient (Wildman–Crippen LogP) is 3.65. The molecule has 2 nitrogen and oxygen atoms in total. The third kappa shape index (κ3) is 4.63. The largest absolute Gasteiger partial charge is 0.271 e. The maximum Gasteiger partial charge on any atom is 0.0251 e. The molecular weight excluding hydrogens is 232 g/mol. The van der Waals surface area contributed by atoms with Crippen molar-refractivity contribution < 1.29 is 0 Å². The Morgan fingerprint density at radius 2 is 1.79 bits per heavy atom. The topological polar surface area (TPSA) is 38.0 Å². The average molecular weight is 260 g/mol. The Morgan fingerprint density at radius 3 is 2.37 bits per heavy atom. The van der Waals surface area contributed by atoms with Crippen LogP contribution in [-0.2, 0) is 6.42 Å². The first-order chi connectivity index (χ1) is 9.17. The fourth-order valence-corrected chi connectivity index (χ4v) is 3.45. The molecule has 1 aliphatic rings. The number of hydrogen-bond donors (Lipinski definition) is 2. The molecule has 1 aromatic rings. The lowest BCUT2D eigenvalue weighted by atomic mass is 9.94. The lowest BCUT2D eigenvalue weighted by Gasteiger charge is -2.18. The first kappa shape index (κ1) is 14.5. The Bertz CT molecular complexity index is 374. The van der Waals surface area contributed by atoms with Gasteiger partial charge >= 0.3 is 0 Å². The number of aryl methyl sites for hydroxylation is 2. The molecule has 19 heavy (non-hydrogen) atoms. The zero-order chi connectivity index (χ0) is 13.7. The number of rotatable bonds is 6. The number of nitrogens with two attached hydrogens (primary N) is 1. The molecular formula is C17H28N2. The van der Waals surface area contributed by atoms with Crippen LogP contribution in [0.1, 0.15) is 55.2 Å². The summed E-state index contributed by atoms with van der Waals surface area (Å²) in [7, 11) is 0. The summed E-state index contributed by atoms with van der Waals surface area (Å²) < 4.78 is 0. The molecule has 0 spiro atoms. The molecule has 1 fully saturated rings. The summed E-state index contributed by atoms with van der Waals surface area (Å²) in [6.45, 7) is 4.33. The molecule has 0 bridgehead atoms. The smallest absolute Gasteiger partial charge is 0.0251 e.